The summed E-state index contributed by atoms with van der Waals surface area (Å²) in [5.74, 6) is 0.468. The third kappa shape index (κ3) is 2.25. The van der Waals surface area contributed by atoms with Crippen molar-refractivity contribution in [3.8, 4) is 12.0 Å². The van der Waals surface area contributed by atoms with Gasteiger partial charge in [0.1, 0.15) is 11.6 Å². The molecule has 0 amide bonds. The molecule has 5 aromatic heterocycles. The van der Waals surface area contributed by atoms with Crippen molar-refractivity contribution >= 4 is 70.9 Å². The van der Waals surface area contributed by atoms with Gasteiger partial charge in [0.05, 0.1) is 33.1 Å². The highest BCUT2D eigenvalue weighted by Crippen LogP contribution is 2.46. The second-order valence-electron chi connectivity index (χ2n) is 9.62. The lowest BCUT2D eigenvalue weighted by molar-refractivity contribution is 1.000. The summed E-state index contributed by atoms with van der Waals surface area (Å²) in [6.45, 7) is 0. The van der Waals surface area contributed by atoms with Crippen molar-refractivity contribution in [2.45, 2.75) is 0 Å². The second kappa shape index (κ2) is 6.81. The fourth-order valence-corrected chi connectivity index (χ4v) is 6.30. The summed E-state index contributed by atoms with van der Waals surface area (Å²) >= 11 is 0. The number of hydrogen-bond acceptors (Lipinski definition) is 4. The highest BCUT2D eigenvalue weighted by molar-refractivity contribution is 6.34. The van der Waals surface area contributed by atoms with Crippen LogP contribution in [0.1, 0.15) is 5.69 Å². The lowest BCUT2D eigenvalue weighted by Gasteiger charge is -2.09. The highest BCUT2D eigenvalue weighted by atomic mass is 15.2. The monoisotopic (exact) mass is 484 g/mol. The van der Waals surface area contributed by atoms with Gasteiger partial charge in [0.2, 0.25) is 5.95 Å². The zero-order chi connectivity index (χ0) is 25.0. The van der Waals surface area contributed by atoms with Gasteiger partial charge in [-0.05, 0) is 36.4 Å². The minimum Gasteiger partial charge on any atom is -0.308 e. The zero-order valence-electron chi connectivity index (χ0n) is 19.9. The molecule has 6 nitrogen and oxygen atoms in total. The Morgan fingerprint density at radius 1 is 0.632 bits per heavy atom. The fraction of sp³-hybridized carbons (Fsp3) is 0. The predicted molar refractivity (Wildman–Crippen MR) is 151 cm³/mol. The van der Waals surface area contributed by atoms with Crippen molar-refractivity contribution in [1.82, 2.24) is 23.9 Å². The van der Waals surface area contributed by atoms with Crippen molar-refractivity contribution < 1.29 is 0 Å². The van der Waals surface area contributed by atoms with E-state index in [0.29, 0.717) is 17.0 Å². The average molecular weight is 485 g/mol. The summed E-state index contributed by atoms with van der Waals surface area (Å²) in [6.07, 6.45) is 1.67. The second-order valence-corrected chi connectivity index (χ2v) is 9.62. The molecule has 0 aliphatic carbocycles. The first-order valence-corrected chi connectivity index (χ1v) is 12.5. The summed E-state index contributed by atoms with van der Waals surface area (Å²) in [4.78, 5) is 14.1. The van der Waals surface area contributed by atoms with Gasteiger partial charge in [-0.1, -0.05) is 54.6 Å². The van der Waals surface area contributed by atoms with Crippen LogP contribution in [0.3, 0.4) is 0 Å². The third-order valence-electron chi connectivity index (χ3n) is 7.75. The molecule has 0 bridgehead atoms. The largest absolute Gasteiger partial charge is 0.308 e. The molecule has 9 rings (SSSR count). The Morgan fingerprint density at radius 3 is 2.08 bits per heavy atom. The molecule has 5 heterocycles. The number of rotatable bonds is 1. The molecule has 0 fully saturated rings. The quantitative estimate of drug-likeness (QED) is 0.248. The van der Waals surface area contributed by atoms with Crippen molar-refractivity contribution in [3.63, 3.8) is 0 Å². The first-order chi connectivity index (χ1) is 18.8. The first-order valence-electron chi connectivity index (χ1n) is 12.5. The lowest BCUT2D eigenvalue weighted by atomic mass is 10.0. The maximum Gasteiger partial charge on any atom is 0.236 e. The van der Waals surface area contributed by atoms with E-state index in [9.17, 15) is 5.26 Å². The summed E-state index contributed by atoms with van der Waals surface area (Å²) in [5.41, 5.74) is 7.01. The summed E-state index contributed by atoms with van der Waals surface area (Å²) in [6, 6.07) is 33.8. The van der Waals surface area contributed by atoms with Gasteiger partial charge >= 0.3 is 0 Å². The molecule has 6 heteroatoms. The molecule has 38 heavy (non-hydrogen) atoms. The van der Waals surface area contributed by atoms with Gasteiger partial charge in [0, 0.05) is 38.5 Å². The van der Waals surface area contributed by atoms with Gasteiger partial charge < -0.3 is 4.40 Å². The molecule has 0 saturated carbocycles. The number of para-hydroxylation sites is 3. The normalized spacial score (nSPS) is 12.2. The minimum atomic E-state index is 0.267. The van der Waals surface area contributed by atoms with E-state index in [0.717, 1.165) is 27.2 Å². The number of benzene rings is 4. The standard InChI is InChI=1S/C32H16N6/c33-17-24-29-23(11-7-15-34-29)35-32(36-24)38-26-13-5-2-9-19(26)22-16-21-18-8-1-4-12-25(18)37-27-14-6-3-10-20(27)28(30(21)37)31(22)38/h1-16H. The van der Waals surface area contributed by atoms with Gasteiger partial charge in [0.25, 0.3) is 0 Å². The van der Waals surface area contributed by atoms with E-state index >= 15 is 0 Å². The topological polar surface area (TPSA) is 71.8 Å². The van der Waals surface area contributed by atoms with Gasteiger partial charge in [-0.25, -0.2) is 4.98 Å². The van der Waals surface area contributed by atoms with E-state index in [4.69, 9.17) is 9.97 Å². The van der Waals surface area contributed by atoms with Crippen LogP contribution in [0.25, 0.3) is 76.9 Å². The molecule has 0 radical (unpaired) electrons. The molecule has 0 saturated heterocycles. The predicted octanol–water partition coefficient (Wildman–Crippen LogP) is 7.14. The highest BCUT2D eigenvalue weighted by Gasteiger charge is 2.25. The van der Waals surface area contributed by atoms with Gasteiger partial charge in [-0.3, -0.25) is 9.55 Å². The van der Waals surface area contributed by atoms with E-state index < -0.39 is 0 Å². The molecule has 0 aliphatic rings. The Bertz CT molecular complexity index is 2470. The van der Waals surface area contributed by atoms with Gasteiger partial charge in [-0.2, -0.15) is 10.2 Å². The number of hydrogen-bond donors (Lipinski definition) is 0. The lowest BCUT2D eigenvalue weighted by Crippen LogP contribution is -2.04. The van der Waals surface area contributed by atoms with Crippen LogP contribution in [0.2, 0.25) is 0 Å². The number of nitrogens with zero attached hydrogens (tertiary/aromatic N) is 6. The SMILES string of the molecule is N#Cc1nc(-n2c3ccccc3c3cc4c5ccccc5n5c6ccccc6c(c32)c45)nc2cccnc12. The maximum absolute atomic E-state index is 9.95. The minimum absolute atomic E-state index is 0.267. The Labute approximate surface area is 215 Å². The Balaban J connectivity index is 1.60. The third-order valence-corrected chi connectivity index (χ3v) is 7.75. The van der Waals surface area contributed by atoms with Gasteiger partial charge in [-0.15, -0.1) is 0 Å². The van der Waals surface area contributed by atoms with Crippen molar-refractivity contribution in [3.05, 3.63) is 103 Å². The van der Waals surface area contributed by atoms with E-state index in [1.165, 1.54) is 32.7 Å². The van der Waals surface area contributed by atoms with Crippen LogP contribution in [0.15, 0.2) is 97.2 Å². The molecule has 0 N–H and O–H groups in total. The van der Waals surface area contributed by atoms with Gasteiger partial charge in [0.15, 0.2) is 5.69 Å². The van der Waals surface area contributed by atoms with Crippen LogP contribution >= 0.6 is 0 Å². The molecule has 0 spiro atoms. The Kier molecular flexibility index (Phi) is 3.52. The van der Waals surface area contributed by atoms with Crippen LogP contribution < -0.4 is 0 Å². The summed E-state index contributed by atoms with van der Waals surface area (Å²) in [7, 11) is 0. The van der Waals surface area contributed by atoms with Crippen molar-refractivity contribution in [1.29, 1.82) is 5.26 Å². The van der Waals surface area contributed by atoms with E-state index in [-0.39, 0.29) is 5.69 Å². The van der Waals surface area contributed by atoms with Crippen LogP contribution in [-0.4, -0.2) is 23.9 Å². The maximum atomic E-state index is 9.95. The summed E-state index contributed by atoms with van der Waals surface area (Å²) in [5, 5.41) is 17.0. The van der Waals surface area contributed by atoms with Crippen LogP contribution in [0.4, 0.5) is 0 Å². The van der Waals surface area contributed by atoms with E-state index in [1.54, 1.807) is 6.20 Å². The first kappa shape index (κ1) is 19.6. The summed E-state index contributed by atoms with van der Waals surface area (Å²) < 4.78 is 4.50. The molecule has 0 aliphatic heterocycles. The van der Waals surface area contributed by atoms with E-state index in [1.807, 2.05) is 18.2 Å². The van der Waals surface area contributed by atoms with Crippen molar-refractivity contribution in [2.24, 2.45) is 0 Å². The van der Waals surface area contributed by atoms with Crippen molar-refractivity contribution in [2.75, 3.05) is 0 Å². The molecule has 0 atom stereocenters. The van der Waals surface area contributed by atoms with Crippen LogP contribution in [-0.2, 0) is 0 Å². The number of fused-ring (bicyclic) bond motifs is 11. The Morgan fingerprint density at radius 2 is 1.29 bits per heavy atom. The molecule has 9 aromatic rings. The Hall–Kier alpha value is -5.54. The number of nitriles is 1. The average Bonchev–Trinajstić information content (AvgIpc) is 3.61. The molecular formula is C32H16N6. The van der Waals surface area contributed by atoms with Crippen LogP contribution in [0, 0.1) is 11.3 Å². The van der Waals surface area contributed by atoms with Crippen LogP contribution in [0.5, 0.6) is 0 Å². The smallest absolute Gasteiger partial charge is 0.236 e. The zero-order valence-corrected chi connectivity index (χ0v) is 19.9. The molecule has 0 unspecified atom stereocenters. The fourth-order valence-electron chi connectivity index (χ4n) is 6.30. The number of aromatic nitrogens is 5. The molecular weight excluding hydrogens is 468 g/mol. The van der Waals surface area contributed by atoms with E-state index in [2.05, 4.69) is 92.8 Å². The molecule has 174 valence electrons. The number of pyridine rings is 1. The molecule has 4 aromatic carbocycles.